The molecular weight excluding hydrogens is 755 g/mol. The van der Waals surface area contributed by atoms with Gasteiger partial charge in [0.15, 0.2) is 11.7 Å². The molecule has 1 fully saturated rings. The Morgan fingerprint density at radius 2 is 1.46 bits per heavy atom. The minimum atomic E-state index is -4.77. The molecule has 0 spiro atoms. The number of piperazine rings is 1. The van der Waals surface area contributed by atoms with E-state index in [0.29, 0.717) is 43.4 Å². The van der Waals surface area contributed by atoms with Crippen molar-refractivity contribution in [2.45, 2.75) is 36.8 Å². The van der Waals surface area contributed by atoms with Crippen LogP contribution in [0.3, 0.4) is 0 Å². The molecule has 5 aromatic rings. The summed E-state index contributed by atoms with van der Waals surface area (Å²) in [4.78, 5) is 31.5. The molecule has 6 rings (SSSR count). The lowest BCUT2D eigenvalue weighted by molar-refractivity contribution is -0.207. The number of primary amides is 1. The van der Waals surface area contributed by atoms with Crippen LogP contribution in [0, 0.1) is 11.6 Å². The fraction of sp³-hybridized carbons (Fsp3) is 0.278. The molecule has 1 saturated heterocycles. The molecule has 0 saturated carbocycles. The molecule has 56 heavy (non-hydrogen) atoms. The van der Waals surface area contributed by atoms with Gasteiger partial charge >= 0.3 is 18.2 Å². The molecule has 20 heteroatoms. The number of amides is 2. The van der Waals surface area contributed by atoms with Crippen molar-refractivity contribution in [3.05, 3.63) is 114 Å². The SMILES string of the molecule is NC(=O)OC(CC(F)(F)F)C(=O)Nc1ccc(N2CCN(c3ccc(-c4ccc(C(F)(F)[C@](O)(Cn5cnnn5)c5ccc(F)cc5F)nc4)cc3)CC2)cc1. The Hall–Kier alpha value is -6.31. The fourth-order valence-corrected chi connectivity index (χ4v) is 6.23. The Labute approximate surface area is 313 Å². The lowest BCUT2D eigenvalue weighted by Crippen LogP contribution is -2.48. The van der Waals surface area contributed by atoms with E-state index in [0.717, 1.165) is 40.6 Å². The number of hydrogen-bond donors (Lipinski definition) is 3. The van der Waals surface area contributed by atoms with Crippen LogP contribution in [0.2, 0.25) is 0 Å². The van der Waals surface area contributed by atoms with Gasteiger partial charge in [0, 0.05) is 66.6 Å². The number of carbonyl (C=O) groups excluding carboxylic acids is 2. The number of carbonyl (C=O) groups is 2. The average Bonchev–Trinajstić information content (AvgIpc) is 3.67. The van der Waals surface area contributed by atoms with Crippen LogP contribution in [0.25, 0.3) is 11.1 Å². The summed E-state index contributed by atoms with van der Waals surface area (Å²) in [6, 6.07) is 18.0. The molecule has 2 aromatic heterocycles. The molecule has 1 aliphatic heterocycles. The van der Waals surface area contributed by atoms with Crippen molar-refractivity contribution in [1.82, 2.24) is 25.2 Å². The van der Waals surface area contributed by atoms with Crippen LogP contribution in [0.1, 0.15) is 17.7 Å². The number of ether oxygens (including phenoxy) is 1. The zero-order valence-electron chi connectivity index (χ0n) is 29.0. The van der Waals surface area contributed by atoms with Crippen molar-refractivity contribution in [3.8, 4) is 11.1 Å². The van der Waals surface area contributed by atoms with Crippen LogP contribution in [-0.2, 0) is 27.6 Å². The summed E-state index contributed by atoms with van der Waals surface area (Å²) < 4.78 is 104. The summed E-state index contributed by atoms with van der Waals surface area (Å²) in [5.41, 5.74) is 2.82. The highest BCUT2D eigenvalue weighted by Gasteiger charge is 2.58. The number of halogens is 7. The second-order valence-electron chi connectivity index (χ2n) is 12.8. The molecule has 1 unspecified atom stereocenters. The average molecular weight is 788 g/mol. The van der Waals surface area contributed by atoms with Gasteiger partial charge in [0.1, 0.15) is 23.7 Å². The second kappa shape index (κ2) is 15.8. The minimum Gasteiger partial charge on any atom is -0.436 e. The van der Waals surface area contributed by atoms with E-state index in [-0.39, 0.29) is 5.69 Å². The normalized spacial score (nSPS) is 15.2. The molecule has 1 aliphatic rings. The number of alkyl halides is 5. The van der Waals surface area contributed by atoms with E-state index in [1.54, 1.807) is 24.3 Å². The van der Waals surface area contributed by atoms with E-state index in [1.165, 1.54) is 24.4 Å². The highest BCUT2D eigenvalue weighted by Crippen LogP contribution is 2.47. The van der Waals surface area contributed by atoms with Crippen LogP contribution in [0.5, 0.6) is 0 Å². The molecule has 4 N–H and O–H groups in total. The highest BCUT2D eigenvalue weighted by molar-refractivity contribution is 5.95. The van der Waals surface area contributed by atoms with Crippen molar-refractivity contribution in [2.75, 3.05) is 41.3 Å². The zero-order valence-corrected chi connectivity index (χ0v) is 29.0. The lowest BCUT2D eigenvalue weighted by Gasteiger charge is -2.37. The highest BCUT2D eigenvalue weighted by atomic mass is 19.4. The topological polar surface area (TPSA) is 165 Å². The van der Waals surface area contributed by atoms with Crippen LogP contribution >= 0.6 is 0 Å². The Morgan fingerprint density at radius 1 is 0.857 bits per heavy atom. The number of aromatic nitrogens is 5. The van der Waals surface area contributed by atoms with Crippen LogP contribution < -0.4 is 20.9 Å². The van der Waals surface area contributed by atoms with Gasteiger partial charge in [-0.3, -0.25) is 9.78 Å². The maximum atomic E-state index is 16.1. The first kappa shape index (κ1) is 39.4. The third-order valence-electron chi connectivity index (χ3n) is 9.08. The molecule has 0 bridgehead atoms. The Balaban J connectivity index is 1.08. The maximum Gasteiger partial charge on any atom is 0.405 e. The standard InChI is InChI=1S/C36H32F7N9O4/c37-24-4-11-28(29(38)17-24)34(55,20-52-21-46-48-49-52)36(42,43)31-12-3-23(19-45-31)22-1-7-26(8-2-22)50-13-15-51(16-14-50)27-9-5-25(6-10-27)47-32(53)30(56-33(44)54)18-35(39,40)41/h1-12,17,19,21,30,55H,13-16,18,20H2,(H2,44,54)(H,47,53)/t30?,34-/m0/s1. The number of nitrogens with zero attached hydrogens (tertiary/aromatic N) is 7. The number of rotatable bonds is 12. The van der Waals surface area contributed by atoms with Crippen LogP contribution in [0.15, 0.2) is 91.4 Å². The Morgan fingerprint density at radius 3 is 1.98 bits per heavy atom. The van der Waals surface area contributed by atoms with Crippen molar-refractivity contribution >= 4 is 29.1 Å². The van der Waals surface area contributed by atoms with Gasteiger partial charge in [-0.1, -0.05) is 18.2 Å². The summed E-state index contributed by atoms with van der Waals surface area (Å²) >= 11 is 0. The molecule has 2 atom stereocenters. The van der Waals surface area contributed by atoms with Crippen molar-refractivity contribution in [2.24, 2.45) is 5.73 Å². The van der Waals surface area contributed by atoms with E-state index < -0.39 is 71.7 Å². The molecule has 294 valence electrons. The summed E-state index contributed by atoms with van der Waals surface area (Å²) in [6.07, 6.45) is -7.96. The van der Waals surface area contributed by atoms with Crippen molar-refractivity contribution in [1.29, 1.82) is 0 Å². The van der Waals surface area contributed by atoms with Crippen LogP contribution in [0.4, 0.5) is 52.6 Å². The van der Waals surface area contributed by atoms with E-state index in [1.807, 2.05) is 12.1 Å². The molecule has 3 aromatic carbocycles. The maximum absolute atomic E-state index is 16.1. The fourth-order valence-electron chi connectivity index (χ4n) is 6.23. The smallest absolute Gasteiger partial charge is 0.405 e. The van der Waals surface area contributed by atoms with Gasteiger partial charge in [-0.05, 0) is 70.6 Å². The van der Waals surface area contributed by atoms with E-state index in [2.05, 4.69) is 40.4 Å². The van der Waals surface area contributed by atoms with Gasteiger partial charge in [0.2, 0.25) is 0 Å². The first-order valence-corrected chi connectivity index (χ1v) is 16.8. The second-order valence-corrected chi connectivity index (χ2v) is 12.8. The molecule has 0 radical (unpaired) electrons. The summed E-state index contributed by atoms with van der Waals surface area (Å²) in [7, 11) is 0. The van der Waals surface area contributed by atoms with Gasteiger partial charge in [-0.2, -0.15) is 22.0 Å². The summed E-state index contributed by atoms with van der Waals surface area (Å²) in [5.74, 6) is -7.79. The number of hydrogen-bond acceptors (Lipinski definition) is 10. The number of pyridine rings is 1. The number of tetrazole rings is 1. The monoisotopic (exact) mass is 787 g/mol. The lowest BCUT2D eigenvalue weighted by atomic mass is 9.84. The first-order valence-electron chi connectivity index (χ1n) is 16.8. The number of benzene rings is 3. The number of anilines is 3. The number of aliphatic hydroxyl groups is 1. The van der Waals surface area contributed by atoms with E-state index in [4.69, 9.17) is 5.73 Å². The van der Waals surface area contributed by atoms with Crippen LogP contribution in [-0.4, -0.2) is 80.8 Å². The van der Waals surface area contributed by atoms with Gasteiger partial charge in [0.05, 0.1) is 13.0 Å². The van der Waals surface area contributed by atoms with Crippen molar-refractivity contribution < 1.29 is 50.2 Å². The predicted octanol–water partition coefficient (Wildman–Crippen LogP) is 5.37. The van der Waals surface area contributed by atoms with Gasteiger partial charge < -0.3 is 30.7 Å². The molecule has 2 amide bonds. The summed E-state index contributed by atoms with van der Waals surface area (Å²) in [5, 5.41) is 24.0. The Bertz CT molecular complexity index is 2130. The largest absolute Gasteiger partial charge is 0.436 e. The molecule has 0 aliphatic carbocycles. The van der Waals surface area contributed by atoms with E-state index >= 15 is 8.78 Å². The third kappa shape index (κ3) is 8.80. The van der Waals surface area contributed by atoms with Gasteiger partial charge in [0.25, 0.3) is 5.91 Å². The molecule has 3 heterocycles. The quantitative estimate of drug-likeness (QED) is 0.140. The van der Waals surface area contributed by atoms with Crippen molar-refractivity contribution in [3.63, 3.8) is 0 Å². The first-order chi connectivity index (χ1) is 26.5. The number of nitrogens with one attached hydrogen (secondary N) is 1. The minimum absolute atomic E-state index is 0.194. The van der Waals surface area contributed by atoms with Gasteiger partial charge in [-0.25, -0.2) is 18.3 Å². The predicted molar refractivity (Wildman–Crippen MR) is 186 cm³/mol. The third-order valence-corrected chi connectivity index (χ3v) is 9.08. The van der Waals surface area contributed by atoms with Gasteiger partial charge in [-0.15, -0.1) is 5.10 Å². The molecule has 13 nitrogen and oxygen atoms in total. The zero-order chi connectivity index (χ0) is 40.3. The van der Waals surface area contributed by atoms with E-state index in [9.17, 15) is 36.6 Å². The number of nitrogens with two attached hydrogens (primary N) is 1. The molecular formula is C36H32F7N9O4. The summed E-state index contributed by atoms with van der Waals surface area (Å²) in [6.45, 7) is 1.47. The Kier molecular flexibility index (Phi) is 11.1.